The molecule has 1 atom stereocenters. The lowest BCUT2D eigenvalue weighted by Crippen LogP contribution is -2.35. The van der Waals surface area contributed by atoms with Gasteiger partial charge in [0.05, 0.1) is 12.4 Å². The molecule has 0 aliphatic rings. The average molecular weight is 674 g/mol. The van der Waals surface area contributed by atoms with Crippen LogP contribution in [0.3, 0.4) is 0 Å². The second-order valence-electron chi connectivity index (χ2n) is 14.0. The third kappa shape index (κ3) is 36.9. The molecule has 0 rings (SSSR count). The fraction of sp³-hybridized carbons (Fsp3) is 0.900. The van der Waals surface area contributed by atoms with Crippen molar-refractivity contribution in [3.63, 3.8) is 0 Å². The quantitative estimate of drug-likeness (QED) is 0.0565. The summed E-state index contributed by atoms with van der Waals surface area (Å²) in [7, 11) is 2.08. The summed E-state index contributed by atoms with van der Waals surface area (Å²) in [6, 6.07) is 0. The second kappa shape index (κ2) is 35.5. The molecule has 0 bridgehead atoms. The van der Waals surface area contributed by atoms with Crippen molar-refractivity contribution in [1.82, 2.24) is 15.5 Å². The lowest BCUT2D eigenvalue weighted by molar-refractivity contribution is -0.121. The van der Waals surface area contributed by atoms with Crippen molar-refractivity contribution in [1.29, 1.82) is 0 Å². The zero-order chi connectivity index (χ0) is 34.9. The van der Waals surface area contributed by atoms with Gasteiger partial charge in [-0.15, -0.1) is 0 Å². The first kappa shape index (κ1) is 49.6. The minimum Gasteiger partial charge on any atom is -0.498 e. The van der Waals surface area contributed by atoms with Crippen LogP contribution in [0.2, 0.25) is 0 Å². The van der Waals surface area contributed by atoms with Gasteiger partial charge in [-0.1, -0.05) is 145 Å². The van der Waals surface area contributed by atoms with Crippen molar-refractivity contribution in [3.8, 4) is 0 Å². The number of hydrogen-bond acceptors (Lipinski definition) is 5. The molecule has 0 aromatic heterocycles. The minimum atomic E-state index is -0.380. The molecular formula is C40H87N3O4. The molecule has 0 fully saturated rings. The lowest BCUT2D eigenvalue weighted by Gasteiger charge is -2.30. The summed E-state index contributed by atoms with van der Waals surface area (Å²) in [4.78, 5) is 26.6. The SMILES string of the molecule is C.C=C(C)OCC(C)(COC(=O)NCCCN(C)CCCNC(=O)CCCCCCCCCCCCCCCCC)CC(C)C.CC.[HH].[HH]. The number of amides is 2. The fourth-order valence-electron chi connectivity index (χ4n) is 5.71. The van der Waals surface area contributed by atoms with Crippen molar-refractivity contribution < 1.29 is 21.9 Å². The van der Waals surface area contributed by atoms with E-state index in [9.17, 15) is 9.59 Å². The molecule has 1 unspecified atom stereocenters. The third-order valence-corrected chi connectivity index (χ3v) is 8.15. The molecule has 0 aliphatic carbocycles. The highest BCUT2D eigenvalue weighted by Gasteiger charge is 2.28. The summed E-state index contributed by atoms with van der Waals surface area (Å²) in [5, 5.41) is 5.93. The van der Waals surface area contributed by atoms with Crippen molar-refractivity contribution in [2.45, 2.75) is 178 Å². The number of ether oxygens (including phenoxy) is 2. The maximum atomic E-state index is 12.2. The Hall–Kier alpha value is -1.76. The molecule has 0 heterocycles. The molecule has 0 aromatic rings. The fourth-order valence-corrected chi connectivity index (χ4v) is 5.71. The predicted octanol–water partition coefficient (Wildman–Crippen LogP) is 11.6. The predicted molar refractivity (Wildman–Crippen MR) is 209 cm³/mol. The van der Waals surface area contributed by atoms with Crippen molar-refractivity contribution in [2.24, 2.45) is 11.3 Å². The molecule has 2 amide bonds. The van der Waals surface area contributed by atoms with Crippen LogP contribution in [0.25, 0.3) is 0 Å². The first-order valence-electron chi connectivity index (χ1n) is 19.2. The number of hydrogen-bond donors (Lipinski definition) is 2. The van der Waals surface area contributed by atoms with E-state index in [4.69, 9.17) is 9.47 Å². The summed E-state index contributed by atoms with van der Waals surface area (Å²) in [6.07, 6.45) is 23.0. The Kier molecular flexibility index (Phi) is 37.5. The Labute approximate surface area is 297 Å². The highest BCUT2D eigenvalue weighted by molar-refractivity contribution is 5.75. The Morgan fingerprint density at radius 1 is 0.745 bits per heavy atom. The van der Waals surface area contributed by atoms with E-state index < -0.39 is 0 Å². The Balaban J connectivity index is -0.00000126. The second-order valence-corrected chi connectivity index (χ2v) is 14.0. The van der Waals surface area contributed by atoms with Gasteiger partial charge in [-0.2, -0.15) is 0 Å². The van der Waals surface area contributed by atoms with Gasteiger partial charge in [0.2, 0.25) is 5.91 Å². The van der Waals surface area contributed by atoms with Crippen LogP contribution in [-0.4, -0.2) is 63.3 Å². The zero-order valence-electron chi connectivity index (χ0n) is 32.0. The van der Waals surface area contributed by atoms with Crippen LogP contribution >= 0.6 is 0 Å². The Morgan fingerprint density at radius 3 is 1.62 bits per heavy atom. The summed E-state index contributed by atoms with van der Waals surface area (Å²) in [5.74, 6) is 1.33. The monoisotopic (exact) mass is 674 g/mol. The van der Waals surface area contributed by atoms with E-state index in [-0.39, 0.29) is 27.7 Å². The zero-order valence-corrected chi connectivity index (χ0v) is 32.0. The highest BCUT2D eigenvalue weighted by Crippen LogP contribution is 2.28. The Morgan fingerprint density at radius 2 is 1.17 bits per heavy atom. The molecule has 0 aliphatic heterocycles. The molecule has 0 saturated heterocycles. The number of carbonyl (C=O) groups excluding carboxylic acids is 2. The van der Waals surface area contributed by atoms with Gasteiger partial charge in [-0.05, 0) is 58.7 Å². The maximum Gasteiger partial charge on any atom is 0.407 e. The van der Waals surface area contributed by atoms with Gasteiger partial charge in [0.25, 0.3) is 0 Å². The first-order chi connectivity index (χ1) is 22.1. The topological polar surface area (TPSA) is 79.9 Å². The van der Waals surface area contributed by atoms with Crippen LogP contribution in [0.5, 0.6) is 0 Å². The van der Waals surface area contributed by atoms with E-state index in [0.717, 1.165) is 51.7 Å². The minimum absolute atomic E-state index is 0. The van der Waals surface area contributed by atoms with Crippen LogP contribution < -0.4 is 10.6 Å². The van der Waals surface area contributed by atoms with E-state index >= 15 is 0 Å². The van der Waals surface area contributed by atoms with Gasteiger partial charge in [-0.25, -0.2) is 4.79 Å². The van der Waals surface area contributed by atoms with Crippen molar-refractivity contribution in [2.75, 3.05) is 46.4 Å². The summed E-state index contributed by atoms with van der Waals surface area (Å²) < 4.78 is 11.2. The van der Waals surface area contributed by atoms with Gasteiger partial charge in [0.15, 0.2) is 0 Å². The van der Waals surface area contributed by atoms with E-state index in [0.29, 0.717) is 37.9 Å². The molecule has 0 aromatic carbocycles. The maximum absolute atomic E-state index is 12.2. The molecule has 2 N–H and O–H groups in total. The van der Waals surface area contributed by atoms with Crippen LogP contribution in [0.4, 0.5) is 4.79 Å². The number of allylic oxidation sites excluding steroid dienone is 1. The van der Waals surface area contributed by atoms with Crippen molar-refractivity contribution in [3.05, 3.63) is 12.3 Å². The molecule has 0 saturated carbocycles. The molecular weight excluding hydrogens is 586 g/mol. The van der Waals surface area contributed by atoms with Gasteiger partial charge >= 0.3 is 6.09 Å². The highest BCUT2D eigenvalue weighted by atomic mass is 16.6. The van der Waals surface area contributed by atoms with Gasteiger partial charge in [0.1, 0.15) is 6.61 Å². The number of carbonyl (C=O) groups is 2. The van der Waals surface area contributed by atoms with Gasteiger partial charge in [-0.3, -0.25) is 4.79 Å². The molecule has 7 nitrogen and oxygen atoms in total. The van der Waals surface area contributed by atoms with E-state index in [1.165, 1.54) is 83.5 Å². The molecule has 7 heteroatoms. The number of rotatable bonds is 31. The molecule has 0 spiro atoms. The van der Waals surface area contributed by atoms with E-state index in [1.807, 2.05) is 20.8 Å². The average Bonchev–Trinajstić information content (AvgIpc) is 3.02. The van der Waals surface area contributed by atoms with Crippen LogP contribution in [0.15, 0.2) is 12.3 Å². The molecule has 47 heavy (non-hydrogen) atoms. The van der Waals surface area contributed by atoms with Crippen molar-refractivity contribution >= 4 is 12.0 Å². The number of unbranched alkanes of at least 4 members (excludes halogenated alkanes) is 14. The molecule has 286 valence electrons. The summed E-state index contributed by atoms with van der Waals surface area (Å²) >= 11 is 0. The molecule has 0 radical (unpaired) electrons. The number of alkyl carbamates (subject to hydrolysis) is 1. The van der Waals surface area contributed by atoms with Crippen LogP contribution in [-0.2, 0) is 14.3 Å². The number of nitrogens with zero attached hydrogens (tertiary/aromatic N) is 1. The first-order valence-corrected chi connectivity index (χ1v) is 19.2. The van der Waals surface area contributed by atoms with Crippen LogP contribution in [0, 0.1) is 11.3 Å². The summed E-state index contributed by atoms with van der Waals surface area (Å²) in [5.41, 5.74) is -0.244. The normalized spacial score (nSPS) is 12.0. The standard InChI is InChI=1S/C37H73N3O4.C2H6.CH4.2H2/c1-8-9-10-11-12-13-14-15-16-17-18-19-20-21-22-25-35(41)38-26-23-28-40(7)29-24-27-39-36(42)44-32-37(6,30-33(2)3)31-43-34(4)5;1-2;;;/h33H,4,8-32H2,1-3,5-7H3,(H,38,41)(H,39,42);1-2H3;1H4;2*1H. The van der Waals surface area contributed by atoms with Gasteiger partial charge in [0, 0.05) is 27.8 Å². The number of nitrogens with one attached hydrogen (secondary N) is 2. The van der Waals surface area contributed by atoms with E-state index in [2.05, 4.69) is 56.9 Å². The third-order valence-electron chi connectivity index (χ3n) is 8.15. The Bertz CT molecular complexity index is 728. The van der Waals surface area contributed by atoms with Gasteiger partial charge < -0.3 is 25.0 Å². The lowest BCUT2D eigenvalue weighted by atomic mass is 9.83. The smallest absolute Gasteiger partial charge is 0.407 e. The van der Waals surface area contributed by atoms with Crippen LogP contribution in [0.1, 0.15) is 181 Å². The summed E-state index contributed by atoms with van der Waals surface area (Å²) in [6.45, 7) is 22.2. The van der Waals surface area contributed by atoms with E-state index in [1.54, 1.807) is 0 Å². The largest absolute Gasteiger partial charge is 0.498 e.